The average molecular weight is 341 g/mol. The molecule has 1 aromatic heterocycles. The van der Waals surface area contributed by atoms with Gasteiger partial charge < -0.3 is 10.4 Å². The fourth-order valence-electron chi connectivity index (χ4n) is 2.13. The summed E-state index contributed by atoms with van der Waals surface area (Å²) in [5, 5.41) is 12.0. The second-order valence-electron chi connectivity index (χ2n) is 6.34. The molecule has 1 fully saturated rings. The highest BCUT2D eigenvalue weighted by molar-refractivity contribution is 7.89. The zero-order valence-electron chi connectivity index (χ0n) is 13.3. The minimum Gasteiger partial charge on any atom is -0.480 e. The van der Waals surface area contributed by atoms with Gasteiger partial charge in [0.05, 0.1) is 0 Å². The number of anilines is 1. The van der Waals surface area contributed by atoms with Gasteiger partial charge in [0.15, 0.2) is 0 Å². The quantitative estimate of drug-likeness (QED) is 0.630. The van der Waals surface area contributed by atoms with Gasteiger partial charge in [0, 0.05) is 12.7 Å². The first-order valence-electron chi connectivity index (χ1n) is 7.73. The molecule has 8 heteroatoms. The Kier molecular flexibility index (Phi) is 5.59. The van der Waals surface area contributed by atoms with Gasteiger partial charge in [0.25, 0.3) is 0 Å². The molecule has 1 aliphatic rings. The highest BCUT2D eigenvalue weighted by atomic mass is 32.2. The molecule has 0 bridgehead atoms. The number of hydrogen-bond acceptors (Lipinski definition) is 5. The first-order chi connectivity index (χ1) is 10.8. The van der Waals surface area contributed by atoms with Crippen molar-refractivity contribution in [2.24, 2.45) is 11.8 Å². The van der Waals surface area contributed by atoms with Crippen LogP contribution < -0.4 is 10.0 Å². The third-order valence-electron chi connectivity index (χ3n) is 3.63. The van der Waals surface area contributed by atoms with Gasteiger partial charge in [-0.25, -0.2) is 22.9 Å². The Hall–Kier alpha value is -1.67. The number of carboxylic acid groups (broad SMARTS) is 1. The van der Waals surface area contributed by atoms with Gasteiger partial charge in [0.2, 0.25) is 10.0 Å². The van der Waals surface area contributed by atoms with Crippen LogP contribution in [-0.2, 0) is 14.8 Å². The predicted octanol–water partition coefficient (Wildman–Crippen LogP) is 1.68. The molecular weight excluding hydrogens is 318 g/mol. The van der Waals surface area contributed by atoms with Crippen molar-refractivity contribution in [3.63, 3.8) is 0 Å². The van der Waals surface area contributed by atoms with E-state index >= 15 is 0 Å². The van der Waals surface area contributed by atoms with Crippen molar-refractivity contribution in [1.29, 1.82) is 0 Å². The normalized spacial score (nSPS) is 16.3. The second kappa shape index (κ2) is 7.27. The van der Waals surface area contributed by atoms with Gasteiger partial charge in [-0.15, -0.1) is 0 Å². The Bertz CT molecular complexity index is 639. The fraction of sp³-hybridized carbons (Fsp3) is 0.600. The van der Waals surface area contributed by atoms with Gasteiger partial charge in [0.1, 0.15) is 16.8 Å². The lowest BCUT2D eigenvalue weighted by atomic mass is 10.0. The highest BCUT2D eigenvalue weighted by Gasteiger charge is 2.24. The van der Waals surface area contributed by atoms with E-state index < -0.39 is 22.0 Å². The number of nitrogens with zero attached hydrogens (tertiary/aromatic N) is 1. The van der Waals surface area contributed by atoms with E-state index in [1.54, 1.807) is 0 Å². The van der Waals surface area contributed by atoms with Crippen LogP contribution >= 0.6 is 0 Å². The first-order valence-corrected chi connectivity index (χ1v) is 9.21. The second-order valence-corrected chi connectivity index (χ2v) is 8.11. The molecule has 0 aromatic carbocycles. The molecule has 0 spiro atoms. The Labute approximate surface area is 136 Å². The van der Waals surface area contributed by atoms with Crippen molar-refractivity contribution in [3.05, 3.63) is 18.3 Å². The van der Waals surface area contributed by atoms with E-state index in [1.165, 1.54) is 18.3 Å². The smallest absolute Gasteiger partial charge is 0.326 e. The number of rotatable bonds is 9. The summed E-state index contributed by atoms with van der Waals surface area (Å²) in [6.07, 6.45) is 3.83. The lowest BCUT2D eigenvalue weighted by Gasteiger charge is -2.17. The summed E-state index contributed by atoms with van der Waals surface area (Å²) in [5.74, 6) is 0.0587. The van der Waals surface area contributed by atoms with Crippen LogP contribution in [0.4, 0.5) is 5.82 Å². The zero-order chi connectivity index (χ0) is 17.0. The summed E-state index contributed by atoms with van der Waals surface area (Å²) in [4.78, 5) is 15.3. The summed E-state index contributed by atoms with van der Waals surface area (Å²) in [6, 6.07) is 2.17. The monoisotopic (exact) mass is 341 g/mol. The van der Waals surface area contributed by atoms with Crippen molar-refractivity contribution in [2.45, 2.75) is 44.0 Å². The molecule has 1 heterocycles. The number of aliphatic carboxylic acids is 1. The van der Waals surface area contributed by atoms with E-state index in [4.69, 9.17) is 0 Å². The number of sulfonamides is 1. The zero-order valence-corrected chi connectivity index (χ0v) is 14.1. The Morgan fingerprint density at radius 2 is 2.09 bits per heavy atom. The molecule has 0 amide bonds. The third kappa shape index (κ3) is 5.47. The molecule has 128 valence electrons. The number of aromatic nitrogens is 1. The van der Waals surface area contributed by atoms with Crippen LogP contribution in [-0.4, -0.2) is 37.1 Å². The van der Waals surface area contributed by atoms with Crippen LogP contribution in [0.1, 0.15) is 33.1 Å². The van der Waals surface area contributed by atoms with Gasteiger partial charge in [-0.3, -0.25) is 0 Å². The largest absolute Gasteiger partial charge is 0.480 e. The van der Waals surface area contributed by atoms with E-state index in [9.17, 15) is 18.3 Å². The molecule has 1 aromatic rings. The SMILES string of the molecule is CC(C)CC(Nc1ccc(S(=O)(=O)NCC2CC2)cn1)C(=O)O. The van der Waals surface area contributed by atoms with Crippen molar-refractivity contribution in [3.8, 4) is 0 Å². The Balaban J connectivity index is 2.01. The maximum atomic E-state index is 12.1. The molecule has 0 saturated heterocycles. The number of carboxylic acids is 1. The number of hydrogen-bond donors (Lipinski definition) is 3. The van der Waals surface area contributed by atoms with Crippen LogP contribution in [0.5, 0.6) is 0 Å². The molecule has 23 heavy (non-hydrogen) atoms. The number of pyridine rings is 1. The maximum Gasteiger partial charge on any atom is 0.326 e. The van der Waals surface area contributed by atoms with Gasteiger partial charge in [-0.05, 0) is 43.2 Å². The summed E-state index contributed by atoms with van der Waals surface area (Å²) < 4.78 is 26.7. The van der Waals surface area contributed by atoms with Gasteiger partial charge in [-0.2, -0.15) is 0 Å². The molecule has 1 unspecified atom stereocenters. The number of carbonyl (C=O) groups is 1. The highest BCUT2D eigenvalue weighted by Crippen LogP contribution is 2.28. The molecule has 1 aliphatic carbocycles. The standard InChI is InChI=1S/C15H23N3O4S/c1-10(2)7-13(15(19)20)18-14-6-5-12(9-16-14)23(21,22)17-8-11-3-4-11/h5-6,9-11,13,17H,3-4,7-8H2,1-2H3,(H,16,18)(H,19,20). The molecule has 0 aliphatic heterocycles. The minimum absolute atomic E-state index is 0.0828. The van der Waals surface area contributed by atoms with Crippen molar-refractivity contribution in [2.75, 3.05) is 11.9 Å². The van der Waals surface area contributed by atoms with Crippen molar-refractivity contribution >= 4 is 21.8 Å². The summed E-state index contributed by atoms with van der Waals surface area (Å²) >= 11 is 0. The van der Waals surface area contributed by atoms with Crippen LogP contribution in [0.3, 0.4) is 0 Å². The van der Waals surface area contributed by atoms with E-state index in [1.807, 2.05) is 13.8 Å². The fourth-order valence-corrected chi connectivity index (χ4v) is 3.19. The minimum atomic E-state index is -3.55. The third-order valence-corrected chi connectivity index (χ3v) is 5.04. The molecule has 3 N–H and O–H groups in total. The molecule has 1 saturated carbocycles. The van der Waals surface area contributed by atoms with Crippen LogP contribution in [0.2, 0.25) is 0 Å². The maximum absolute atomic E-state index is 12.1. The average Bonchev–Trinajstić information content (AvgIpc) is 3.29. The Morgan fingerprint density at radius 3 is 2.57 bits per heavy atom. The molecular formula is C15H23N3O4S. The summed E-state index contributed by atoms with van der Waals surface area (Å²) in [5.41, 5.74) is 0. The van der Waals surface area contributed by atoms with Gasteiger partial charge in [-0.1, -0.05) is 13.8 Å². The van der Waals surface area contributed by atoms with Crippen LogP contribution in [0.15, 0.2) is 23.2 Å². The summed E-state index contributed by atoms with van der Waals surface area (Å²) in [6.45, 7) is 4.33. The van der Waals surface area contributed by atoms with E-state index in [-0.39, 0.29) is 10.8 Å². The predicted molar refractivity (Wildman–Crippen MR) is 86.7 cm³/mol. The van der Waals surface area contributed by atoms with Crippen molar-refractivity contribution in [1.82, 2.24) is 9.71 Å². The van der Waals surface area contributed by atoms with Crippen molar-refractivity contribution < 1.29 is 18.3 Å². The Morgan fingerprint density at radius 1 is 1.39 bits per heavy atom. The number of nitrogens with one attached hydrogen (secondary N) is 2. The molecule has 7 nitrogen and oxygen atoms in total. The molecule has 1 atom stereocenters. The van der Waals surface area contributed by atoms with Gasteiger partial charge >= 0.3 is 5.97 Å². The van der Waals surface area contributed by atoms with Crippen LogP contribution in [0, 0.1) is 11.8 Å². The lowest BCUT2D eigenvalue weighted by molar-refractivity contribution is -0.138. The topological polar surface area (TPSA) is 108 Å². The van der Waals surface area contributed by atoms with E-state index in [0.29, 0.717) is 24.7 Å². The van der Waals surface area contributed by atoms with E-state index in [2.05, 4.69) is 15.0 Å². The summed E-state index contributed by atoms with van der Waals surface area (Å²) in [7, 11) is -3.55. The van der Waals surface area contributed by atoms with Crippen LogP contribution in [0.25, 0.3) is 0 Å². The lowest BCUT2D eigenvalue weighted by Crippen LogP contribution is -2.31. The molecule has 0 radical (unpaired) electrons. The molecule has 2 rings (SSSR count). The first kappa shape index (κ1) is 17.7. The van der Waals surface area contributed by atoms with E-state index in [0.717, 1.165) is 12.8 Å².